The second-order valence-electron chi connectivity index (χ2n) is 4.44. The number of anilines is 1. The van der Waals surface area contributed by atoms with E-state index in [1.54, 1.807) is 4.90 Å². The summed E-state index contributed by atoms with van der Waals surface area (Å²) in [5.74, 6) is -0.761. The molecule has 0 unspecified atom stereocenters. The molecule has 0 spiro atoms. The van der Waals surface area contributed by atoms with Crippen LogP contribution >= 0.6 is 11.6 Å². The van der Waals surface area contributed by atoms with Crippen molar-refractivity contribution in [2.75, 3.05) is 25.4 Å². The molecule has 0 radical (unpaired) electrons. The van der Waals surface area contributed by atoms with E-state index < -0.39 is 5.97 Å². The van der Waals surface area contributed by atoms with Crippen molar-refractivity contribution >= 4 is 29.2 Å². The minimum absolute atomic E-state index is 0.166. The third-order valence-electron chi connectivity index (χ3n) is 2.94. The number of esters is 1. The van der Waals surface area contributed by atoms with E-state index in [1.807, 2.05) is 0 Å². The number of amides is 1. The van der Waals surface area contributed by atoms with E-state index in [1.165, 1.54) is 18.2 Å². The number of carbonyl (C=O) groups is 2. The summed E-state index contributed by atoms with van der Waals surface area (Å²) in [5.41, 5.74) is 6.21. The number of carbonyl (C=O) groups excluding carboxylic acids is 2. The predicted molar refractivity (Wildman–Crippen MR) is 72.0 cm³/mol. The van der Waals surface area contributed by atoms with Crippen molar-refractivity contribution in [3.63, 3.8) is 0 Å². The highest BCUT2D eigenvalue weighted by molar-refractivity contribution is 6.31. The second-order valence-corrected chi connectivity index (χ2v) is 4.87. The number of nitrogen functional groups attached to an aromatic ring is 1. The van der Waals surface area contributed by atoms with Gasteiger partial charge in [0.25, 0.3) is 5.91 Å². The molecule has 0 aliphatic carbocycles. The van der Waals surface area contributed by atoms with Gasteiger partial charge >= 0.3 is 5.97 Å². The molecule has 6 heteroatoms. The number of halogens is 1. The maximum absolute atomic E-state index is 11.8. The lowest BCUT2D eigenvalue weighted by Gasteiger charge is -2.15. The Hall–Kier alpha value is -1.75. The summed E-state index contributed by atoms with van der Waals surface area (Å²) in [5, 5.41) is 0.359. The first-order chi connectivity index (χ1) is 9.06. The van der Waals surface area contributed by atoms with Crippen molar-refractivity contribution in [3.05, 3.63) is 28.8 Å². The van der Waals surface area contributed by atoms with Gasteiger partial charge in [-0.3, -0.25) is 4.79 Å². The van der Waals surface area contributed by atoms with Gasteiger partial charge in [-0.25, -0.2) is 4.79 Å². The molecule has 0 bridgehead atoms. The summed E-state index contributed by atoms with van der Waals surface area (Å²) in [6.45, 7) is 1.23. The van der Waals surface area contributed by atoms with E-state index in [2.05, 4.69) is 0 Å². The molecule has 1 aromatic rings. The lowest BCUT2D eigenvalue weighted by Crippen LogP contribution is -2.32. The van der Waals surface area contributed by atoms with Crippen molar-refractivity contribution in [3.8, 4) is 0 Å². The maximum atomic E-state index is 11.8. The molecule has 1 heterocycles. The summed E-state index contributed by atoms with van der Waals surface area (Å²) < 4.78 is 4.97. The third kappa shape index (κ3) is 3.61. The van der Waals surface area contributed by atoms with Crippen molar-refractivity contribution in [2.45, 2.75) is 12.8 Å². The van der Waals surface area contributed by atoms with Gasteiger partial charge < -0.3 is 15.4 Å². The minimum atomic E-state index is -0.596. The Bertz CT molecular complexity index is 478. The van der Waals surface area contributed by atoms with E-state index in [0.717, 1.165) is 25.9 Å². The van der Waals surface area contributed by atoms with Crippen LogP contribution in [0.25, 0.3) is 0 Å². The van der Waals surface area contributed by atoms with Crippen LogP contribution < -0.4 is 5.73 Å². The number of hydrogen-bond acceptors (Lipinski definition) is 4. The minimum Gasteiger partial charge on any atom is -0.452 e. The zero-order valence-electron chi connectivity index (χ0n) is 10.4. The molecule has 1 aliphatic rings. The van der Waals surface area contributed by atoms with Gasteiger partial charge in [-0.2, -0.15) is 0 Å². The van der Waals surface area contributed by atoms with Crippen LogP contribution in [0.4, 0.5) is 5.69 Å². The molecule has 1 aromatic carbocycles. The Morgan fingerprint density at radius 3 is 2.58 bits per heavy atom. The molecule has 0 aromatic heterocycles. The van der Waals surface area contributed by atoms with Crippen molar-refractivity contribution in [1.82, 2.24) is 4.90 Å². The lowest BCUT2D eigenvalue weighted by atomic mass is 10.2. The highest BCUT2D eigenvalue weighted by Gasteiger charge is 2.19. The van der Waals surface area contributed by atoms with E-state index >= 15 is 0 Å². The van der Waals surface area contributed by atoms with E-state index in [-0.39, 0.29) is 18.1 Å². The Morgan fingerprint density at radius 2 is 1.95 bits per heavy atom. The Balaban J connectivity index is 1.91. The quantitative estimate of drug-likeness (QED) is 0.676. The molecule has 0 saturated carbocycles. The largest absolute Gasteiger partial charge is 0.452 e. The lowest BCUT2D eigenvalue weighted by molar-refractivity contribution is -0.133. The first-order valence-electron chi connectivity index (χ1n) is 6.07. The normalized spacial score (nSPS) is 14.5. The van der Waals surface area contributed by atoms with Gasteiger partial charge in [-0.05, 0) is 31.0 Å². The number of nitrogens with two attached hydrogens (primary N) is 1. The fourth-order valence-corrected chi connectivity index (χ4v) is 2.24. The number of ether oxygens (including phenoxy) is 1. The number of rotatable bonds is 3. The van der Waals surface area contributed by atoms with E-state index in [9.17, 15) is 9.59 Å². The van der Waals surface area contributed by atoms with Crippen LogP contribution in [-0.4, -0.2) is 36.5 Å². The first-order valence-corrected chi connectivity index (χ1v) is 6.45. The Kier molecular flexibility index (Phi) is 4.27. The fourth-order valence-electron chi connectivity index (χ4n) is 2.00. The smallest absolute Gasteiger partial charge is 0.338 e. The monoisotopic (exact) mass is 282 g/mol. The van der Waals surface area contributed by atoms with Crippen LogP contribution in [0.15, 0.2) is 18.2 Å². The van der Waals surface area contributed by atoms with Gasteiger partial charge in [0.2, 0.25) is 0 Å². The second kappa shape index (κ2) is 5.93. The molecule has 19 heavy (non-hydrogen) atoms. The fraction of sp³-hybridized carbons (Fsp3) is 0.385. The first kappa shape index (κ1) is 13.7. The zero-order valence-corrected chi connectivity index (χ0v) is 11.2. The van der Waals surface area contributed by atoms with Crippen LogP contribution in [-0.2, 0) is 9.53 Å². The molecule has 1 saturated heterocycles. The summed E-state index contributed by atoms with van der Waals surface area (Å²) in [7, 11) is 0. The highest BCUT2D eigenvalue weighted by Crippen LogP contribution is 2.17. The van der Waals surface area contributed by atoms with Crippen LogP contribution in [0.1, 0.15) is 23.2 Å². The molecule has 2 rings (SSSR count). The summed E-state index contributed by atoms with van der Waals surface area (Å²) in [6.07, 6.45) is 2.01. The summed E-state index contributed by atoms with van der Waals surface area (Å²) >= 11 is 5.80. The van der Waals surface area contributed by atoms with Gasteiger partial charge in [0.05, 0.1) is 5.56 Å². The summed E-state index contributed by atoms with van der Waals surface area (Å²) in [4.78, 5) is 25.2. The van der Waals surface area contributed by atoms with Crippen LogP contribution in [0.5, 0.6) is 0 Å². The Labute approximate surface area is 116 Å². The molecule has 5 nitrogen and oxygen atoms in total. The van der Waals surface area contributed by atoms with Crippen LogP contribution in [0, 0.1) is 0 Å². The van der Waals surface area contributed by atoms with Crippen molar-refractivity contribution < 1.29 is 14.3 Å². The summed E-state index contributed by atoms with van der Waals surface area (Å²) in [6, 6.07) is 4.46. The van der Waals surface area contributed by atoms with Crippen LogP contribution in [0.3, 0.4) is 0 Å². The predicted octanol–water partition coefficient (Wildman–Crippen LogP) is 1.70. The Morgan fingerprint density at radius 1 is 1.26 bits per heavy atom. The van der Waals surface area contributed by atoms with Crippen molar-refractivity contribution in [2.24, 2.45) is 0 Å². The SMILES string of the molecule is Nc1cc(Cl)cc(C(=O)OCC(=O)N2CCCC2)c1. The highest BCUT2D eigenvalue weighted by atomic mass is 35.5. The number of likely N-dealkylation sites (tertiary alicyclic amines) is 1. The van der Waals surface area contributed by atoms with Gasteiger partial charge in [0.15, 0.2) is 6.61 Å². The molecular formula is C13H15ClN2O3. The average molecular weight is 283 g/mol. The zero-order chi connectivity index (χ0) is 13.8. The molecule has 1 aliphatic heterocycles. The number of benzene rings is 1. The van der Waals surface area contributed by atoms with Gasteiger partial charge in [0, 0.05) is 23.8 Å². The molecule has 1 fully saturated rings. The molecule has 1 amide bonds. The number of hydrogen-bond donors (Lipinski definition) is 1. The molecule has 102 valence electrons. The van der Waals surface area contributed by atoms with Crippen LogP contribution in [0.2, 0.25) is 5.02 Å². The van der Waals surface area contributed by atoms with Crippen molar-refractivity contribution in [1.29, 1.82) is 0 Å². The van der Waals surface area contributed by atoms with Gasteiger partial charge in [0.1, 0.15) is 0 Å². The van der Waals surface area contributed by atoms with E-state index in [4.69, 9.17) is 22.1 Å². The molecule has 0 atom stereocenters. The third-order valence-corrected chi connectivity index (χ3v) is 3.16. The van der Waals surface area contributed by atoms with E-state index in [0.29, 0.717) is 10.7 Å². The standard InChI is InChI=1S/C13H15ClN2O3/c14-10-5-9(6-11(15)7-10)13(18)19-8-12(17)16-3-1-2-4-16/h5-7H,1-4,8,15H2. The molecule has 2 N–H and O–H groups in total. The maximum Gasteiger partial charge on any atom is 0.338 e. The average Bonchev–Trinajstić information content (AvgIpc) is 2.88. The topological polar surface area (TPSA) is 72.6 Å². The van der Waals surface area contributed by atoms with Gasteiger partial charge in [-0.1, -0.05) is 11.6 Å². The van der Waals surface area contributed by atoms with Gasteiger partial charge in [-0.15, -0.1) is 0 Å². The molecular weight excluding hydrogens is 268 g/mol. The number of nitrogens with zero attached hydrogens (tertiary/aromatic N) is 1.